The van der Waals surface area contributed by atoms with Gasteiger partial charge in [0.25, 0.3) is 0 Å². The van der Waals surface area contributed by atoms with Crippen LogP contribution in [-0.4, -0.2) is 13.3 Å². The van der Waals surface area contributed by atoms with E-state index in [1.165, 1.54) is 19.2 Å². The fourth-order valence-corrected chi connectivity index (χ4v) is 1.34. The summed E-state index contributed by atoms with van der Waals surface area (Å²) in [6, 6.07) is 6.28. The third-order valence-electron chi connectivity index (χ3n) is 2.21. The summed E-state index contributed by atoms with van der Waals surface area (Å²) in [7, 11) is 1.20. The Morgan fingerprint density at radius 3 is 2.19 bits per heavy atom. The molecule has 0 unspecified atom stereocenters. The molecular formula is C12H13F3O. The highest BCUT2D eigenvalue weighted by atomic mass is 19.4. The van der Waals surface area contributed by atoms with E-state index >= 15 is 0 Å². The second-order valence-electron chi connectivity index (χ2n) is 3.32. The maximum absolute atomic E-state index is 12.6. The van der Waals surface area contributed by atoms with Gasteiger partial charge in [0.05, 0.1) is 18.9 Å². The second kappa shape index (κ2) is 5.05. The van der Waals surface area contributed by atoms with Crippen molar-refractivity contribution < 1.29 is 17.9 Å². The van der Waals surface area contributed by atoms with E-state index in [4.69, 9.17) is 0 Å². The van der Waals surface area contributed by atoms with Crippen molar-refractivity contribution in [2.24, 2.45) is 0 Å². The molecule has 0 saturated carbocycles. The highest BCUT2D eigenvalue weighted by Crippen LogP contribution is 2.33. The van der Waals surface area contributed by atoms with Crippen LogP contribution in [0, 0.1) is 0 Å². The summed E-state index contributed by atoms with van der Waals surface area (Å²) in [6.07, 6.45) is -2.87. The number of ether oxygens (including phenoxy) is 1. The Balaban J connectivity index is 3.08. The lowest BCUT2D eigenvalue weighted by atomic mass is 10.0. The van der Waals surface area contributed by atoms with E-state index in [-0.39, 0.29) is 5.56 Å². The van der Waals surface area contributed by atoms with Gasteiger partial charge in [0, 0.05) is 0 Å². The van der Waals surface area contributed by atoms with Crippen LogP contribution in [0.1, 0.15) is 18.1 Å². The molecule has 4 heteroatoms. The van der Waals surface area contributed by atoms with Crippen LogP contribution >= 0.6 is 0 Å². The standard InChI is InChI=1S/C12H13F3O/c1-3-9-4-6-10(7-5-9)11(8-16-2)12(13,14)15/h4-8H,3H2,1-2H3/b11-8-. The number of hydrogen-bond donors (Lipinski definition) is 0. The fraction of sp³-hybridized carbons (Fsp3) is 0.333. The van der Waals surface area contributed by atoms with Gasteiger partial charge in [-0.05, 0) is 17.5 Å². The van der Waals surface area contributed by atoms with E-state index < -0.39 is 11.7 Å². The molecule has 0 aliphatic heterocycles. The summed E-state index contributed by atoms with van der Waals surface area (Å²) in [4.78, 5) is 0. The molecule has 16 heavy (non-hydrogen) atoms. The van der Waals surface area contributed by atoms with Gasteiger partial charge in [-0.2, -0.15) is 13.2 Å². The van der Waals surface area contributed by atoms with E-state index in [9.17, 15) is 13.2 Å². The first-order chi connectivity index (χ1) is 7.49. The molecule has 0 heterocycles. The van der Waals surface area contributed by atoms with E-state index in [2.05, 4.69) is 4.74 Å². The van der Waals surface area contributed by atoms with Crippen molar-refractivity contribution in [1.82, 2.24) is 0 Å². The lowest BCUT2D eigenvalue weighted by Crippen LogP contribution is -2.11. The maximum atomic E-state index is 12.6. The Morgan fingerprint density at radius 1 is 1.25 bits per heavy atom. The SMILES string of the molecule is CCc1ccc(/C(=C/OC)C(F)(F)F)cc1. The predicted molar refractivity (Wildman–Crippen MR) is 56.9 cm³/mol. The number of benzene rings is 1. The molecule has 0 aliphatic carbocycles. The van der Waals surface area contributed by atoms with Gasteiger partial charge in [-0.15, -0.1) is 0 Å². The average Bonchev–Trinajstić information content (AvgIpc) is 2.25. The quantitative estimate of drug-likeness (QED) is 0.717. The van der Waals surface area contributed by atoms with Gasteiger partial charge in [-0.3, -0.25) is 0 Å². The number of methoxy groups -OCH3 is 1. The van der Waals surface area contributed by atoms with Gasteiger partial charge in [-0.1, -0.05) is 31.2 Å². The van der Waals surface area contributed by atoms with E-state index in [1.807, 2.05) is 6.92 Å². The average molecular weight is 230 g/mol. The van der Waals surface area contributed by atoms with Crippen LogP contribution in [0.25, 0.3) is 5.57 Å². The molecule has 0 saturated heterocycles. The van der Waals surface area contributed by atoms with Crippen molar-refractivity contribution in [2.45, 2.75) is 19.5 Å². The van der Waals surface area contributed by atoms with Crippen molar-refractivity contribution in [3.8, 4) is 0 Å². The molecule has 1 rings (SSSR count). The van der Waals surface area contributed by atoms with Crippen molar-refractivity contribution >= 4 is 5.57 Å². The third kappa shape index (κ3) is 3.02. The van der Waals surface area contributed by atoms with Crippen molar-refractivity contribution in [2.75, 3.05) is 7.11 Å². The highest BCUT2D eigenvalue weighted by molar-refractivity contribution is 5.68. The fourth-order valence-electron chi connectivity index (χ4n) is 1.34. The van der Waals surface area contributed by atoms with Crippen LogP contribution in [0.2, 0.25) is 0 Å². The zero-order chi connectivity index (χ0) is 12.2. The van der Waals surface area contributed by atoms with Gasteiger partial charge in [-0.25, -0.2) is 0 Å². The highest BCUT2D eigenvalue weighted by Gasteiger charge is 2.35. The number of aryl methyl sites for hydroxylation is 1. The normalized spacial score (nSPS) is 12.7. The summed E-state index contributed by atoms with van der Waals surface area (Å²) in [6.45, 7) is 1.95. The zero-order valence-corrected chi connectivity index (χ0v) is 9.14. The summed E-state index contributed by atoms with van der Waals surface area (Å²) in [5.74, 6) is 0. The molecule has 1 aromatic rings. The van der Waals surface area contributed by atoms with E-state index in [1.54, 1.807) is 12.1 Å². The molecule has 0 amide bonds. The smallest absolute Gasteiger partial charge is 0.419 e. The molecule has 0 aliphatic rings. The monoisotopic (exact) mass is 230 g/mol. The van der Waals surface area contributed by atoms with Crippen molar-refractivity contribution in [3.05, 3.63) is 41.7 Å². The second-order valence-corrected chi connectivity index (χ2v) is 3.32. The molecular weight excluding hydrogens is 217 g/mol. The Hall–Kier alpha value is -1.45. The molecule has 0 aromatic heterocycles. The molecule has 1 aromatic carbocycles. The molecule has 0 bridgehead atoms. The number of halogens is 3. The van der Waals surface area contributed by atoms with Gasteiger partial charge in [0.1, 0.15) is 0 Å². The summed E-state index contributed by atoms with van der Waals surface area (Å²) >= 11 is 0. The lowest BCUT2D eigenvalue weighted by Gasteiger charge is -2.11. The molecule has 0 radical (unpaired) electrons. The number of allylic oxidation sites excluding steroid dienone is 1. The topological polar surface area (TPSA) is 9.23 Å². The molecule has 0 fully saturated rings. The van der Waals surface area contributed by atoms with Crippen LogP contribution in [-0.2, 0) is 11.2 Å². The number of rotatable bonds is 3. The van der Waals surface area contributed by atoms with E-state index in [0.29, 0.717) is 0 Å². The molecule has 88 valence electrons. The summed E-state index contributed by atoms with van der Waals surface area (Å²) < 4.78 is 42.3. The lowest BCUT2D eigenvalue weighted by molar-refractivity contribution is -0.0701. The van der Waals surface area contributed by atoms with Crippen molar-refractivity contribution in [3.63, 3.8) is 0 Å². The van der Waals surface area contributed by atoms with Gasteiger partial charge in [0.15, 0.2) is 0 Å². The number of hydrogen-bond acceptors (Lipinski definition) is 1. The Bertz CT molecular complexity index is 363. The van der Waals surface area contributed by atoms with Crippen molar-refractivity contribution in [1.29, 1.82) is 0 Å². The maximum Gasteiger partial charge on any atom is 0.419 e. The predicted octanol–water partition coefficient (Wildman–Crippen LogP) is 3.80. The Kier molecular flexibility index (Phi) is 3.99. The summed E-state index contributed by atoms with van der Waals surface area (Å²) in [5, 5.41) is 0. The minimum Gasteiger partial charge on any atom is -0.504 e. The van der Waals surface area contributed by atoms with Gasteiger partial charge < -0.3 is 4.74 Å². The summed E-state index contributed by atoms with van der Waals surface area (Å²) in [5.41, 5.74) is 0.354. The Labute approximate surface area is 92.5 Å². The minimum atomic E-state index is -4.40. The molecule has 0 spiro atoms. The first-order valence-electron chi connectivity index (χ1n) is 4.88. The van der Waals surface area contributed by atoms with Crippen LogP contribution in [0.4, 0.5) is 13.2 Å². The van der Waals surface area contributed by atoms with Crippen LogP contribution in [0.3, 0.4) is 0 Å². The van der Waals surface area contributed by atoms with Crippen LogP contribution < -0.4 is 0 Å². The minimum absolute atomic E-state index is 0.117. The van der Waals surface area contributed by atoms with Gasteiger partial charge in [0.2, 0.25) is 0 Å². The molecule has 0 atom stereocenters. The number of alkyl halides is 3. The van der Waals surface area contributed by atoms with Gasteiger partial charge >= 0.3 is 6.18 Å². The van der Waals surface area contributed by atoms with Crippen LogP contribution in [0.5, 0.6) is 0 Å². The first kappa shape index (κ1) is 12.6. The van der Waals surface area contributed by atoms with Crippen LogP contribution in [0.15, 0.2) is 30.5 Å². The third-order valence-corrected chi connectivity index (χ3v) is 2.21. The molecule has 1 nitrogen and oxygen atoms in total. The largest absolute Gasteiger partial charge is 0.504 e. The van der Waals surface area contributed by atoms with E-state index in [0.717, 1.165) is 18.2 Å². The zero-order valence-electron chi connectivity index (χ0n) is 9.14. The molecule has 0 N–H and O–H groups in total. The first-order valence-corrected chi connectivity index (χ1v) is 4.88. The Morgan fingerprint density at radius 2 is 1.81 bits per heavy atom.